The molecular formula is C19H22FN5OS. The van der Waals surface area contributed by atoms with E-state index in [1.807, 2.05) is 20.2 Å². The molecule has 0 unspecified atom stereocenters. The molecule has 0 aliphatic carbocycles. The summed E-state index contributed by atoms with van der Waals surface area (Å²) in [5.41, 5.74) is 0.939. The van der Waals surface area contributed by atoms with Gasteiger partial charge in [0.2, 0.25) is 0 Å². The number of imidazole rings is 1. The molecule has 142 valence electrons. The number of thiazole rings is 1. The van der Waals surface area contributed by atoms with Gasteiger partial charge in [-0.05, 0) is 30.9 Å². The van der Waals surface area contributed by atoms with Gasteiger partial charge >= 0.3 is 0 Å². The summed E-state index contributed by atoms with van der Waals surface area (Å²) in [7, 11) is 3.69. The maximum atomic E-state index is 13.9. The number of halogens is 1. The lowest BCUT2D eigenvalue weighted by atomic mass is 9.96. The van der Waals surface area contributed by atoms with Crippen molar-refractivity contribution >= 4 is 32.6 Å². The molecule has 1 fully saturated rings. The van der Waals surface area contributed by atoms with Gasteiger partial charge in [0.15, 0.2) is 5.13 Å². The number of aryl methyl sites for hydroxylation is 1. The second-order valence-electron chi connectivity index (χ2n) is 7.12. The average Bonchev–Trinajstić information content (AvgIpc) is 3.29. The van der Waals surface area contributed by atoms with Crippen molar-refractivity contribution in [2.75, 3.05) is 31.6 Å². The van der Waals surface area contributed by atoms with Gasteiger partial charge in [-0.2, -0.15) is 0 Å². The number of amides is 1. The number of fused-ring (bicyclic) bond motifs is 1. The highest BCUT2D eigenvalue weighted by atomic mass is 32.1. The lowest BCUT2D eigenvalue weighted by molar-refractivity contribution is 0.0759. The van der Waals surface area contributed by atoms with E-state index in [1.165, 1.54) is 17.4 Å². The molecule has 27 heavy (non-hydrogen) atoms. The maximum Gasteiger partial charge on any atom is 0.273 e. The molecule has 0 atom stereocenters. The Morgan fingerprint density at radius 1 is 1.37 bits per heavy atom. The smallest absolute Gasteiger partial charge is 0.273 e. The Kier molecular flexibility index (Phi) is 4.82. The summed E-state index contributed by atoms with van der Waals surface area (Å²) in [6, 6.07) is 5.08. The second-order valence-corrected chi connectivity index (χ2v) is 8.13. The number of piperidine rings is 1. The lowest BCUT2D eigenvalue weighted by Crippen LogP contribution is -2.39. The predicted molar refractivity (Wildman–Crippen MR) is 105 cm³/mol. The van der Waals surface area contributed by atoms with Crippen LogP contribution in [0.25, 0.3) is 10.2 Å². The molecule has 0 spiro atoms. The van der Waals surface area contributed by atoms with Gasteiger partial charge < -0.3 is 14.4 Å². The summed E-state index contributed by atoms with van der Waals surface area (Å²) in [6.45, 7) is 2.47. The van der Waals surface area contributed by atoms with Gasteiger partial charge in [0.25, 0.3) is 5.91 Å². The van der Waals surface area contributed by atoms with Crippen LogP contribution in [0.3, 0.4) is 0 Å². The van der Waals surface area contributed by atoms with E-state index in [1.54, 1.807) is 28.1 Å². The number of nitrogens with zero attached hydrogens (tertiary/aromatic N) is 5. The van der Waals surface area contributed by atoms with E-state index in [9.17, 15) is 9.18 Å². The minimum absolute atomic E-state index is 0.0420. The first kappa shape index (κ1) is 17.9. The molecular weight excluding hydrogens is 365 g/mol. The molecule has 1 amide bonds. The normalized spacial score (nSPS) is 15.4. The molecule has 1 saturated heterocycles. The predicted octanol–water partition coefficient (Wildman–Crippen LogP) is 3.16. The van der Waals surface area contributed by atoms with Crippen molar-refractivity contribution in [3.63, 3.8) is 0 Å². The van der Waals surface area contributed by atoms with E-state index in [2.05, 4.69) is 14.9 Å². The van der Waals surface area contributed by atoms with Crippen molar-refractivity contribution in [1.82, 2.24) is 19.4 Å². The van der Waals surface area contributed by atoms with Crippen molar-refractivity contribution in [3.8, 4) is 0 Å². The summed E-state index contributed by atoms with van der Waals surface area (Å²) >= 11 is 1.54. The Balaban J connectivity index is 1.35. The number of hydrogen-bond donors (Lipinski definition) is 0. The van der Waals surface area contributed by atoms with E-state index in [4.69, 9.17) is 0 Å². The molecule has 6 nitrogen and oxygen atoms in total. The number of rotatable bonds is 4. The summed E-state index contributed by atoms with van der Waals surface area (Å²) in [5, 5.41) is 0.881. The van der Waals surface area contributed by atoms with Crippen LogP contribution in [0, 0.1) is 11.7 Å². The number of anilines is 1. The first-order valence-corrected chi connectivity index (χ1v) is 9.86. The zero-order valence-electron chi connectivity index (χ0n) is 15.4. The van der Waals surface area contributed by atoms with Crippen LogP contribution in [-0.4, -0.2) is 52.0 Å². The topological polar surface area (TPSA) is 54.3 Å². The fourth-order valence-electron chi connectivity index (χ4n) is 3.53. The molecule has 1 aromatic carbocycles. The number of para-hydroxylation sites is 1. The Hall–Kier alpha value is -2.48. The van der Waals surface area contributed by atoms with Crippen LogP contribution in [0.1, 0.15) is 23.3 Å². The quantitative estimate of drug-likeness (QED) is 0.690. The van der Waals surface area contributed by atoms with Crippen molar-refractivity contribution in [2.45, 2.75) is 12.8 Å². The highest BCUT2D eigenvalue weighted by Gasteiger charge is 2.25. The van der Waals surface area contributed by atoms with E-state index in [0.29, 0.717) is 17.1 Å². The first-order valence-electron chi connectivity index (χ1n) is 9.04. The van der Waals surface area contributed by atoms with Gasteiger partial charge in [-0.15, -0.1) is 0 Å². The number of benzene rings is 1. The molecule has 3 heterocycles. The molecule has 3 aromatic rings. The summed E-state index contributed by atoms with van der Waals surface area (Å²) in [6.07, 6.45) is 5.35. The van der Waals surface area contributed by atoms with Crippen LogP contribution in [0.15, 0.2) is 30.7 Å². The van der Waals surface area contributed by atoms with Gasteiger partial charge in [0.05, 0.1) is 11.0 Å². The molecule has 0 N–H and O–H groups in total. The van der Waals surface area contributed by atoms with Crippen LogP contribution >= 0.6 is 11.3 Å². The Labute approximate surface area is 161 Å². The van der Waals surface area contributed by atoms with Crippen LogP contribution in [0.5, 0.6) is 0 Å². The minimum Gasteiger partial charge on any atom is -0.348 e. The van der Waals surface area contributed by atoms with Crippen LogP contribution < -0.4 is 4.90 Å². The third-order valence-corrected chi connectivity index (χ3v) is 6.13. The molecule has 0 saturated carbocycles. The molecule has 0 bridgehead atoms. The fourth-order valence-corrected chi connectivity index (χ4v) is 4.57. The molecule has 4 rings (SSSR count). The molecule has 1 aliphatic rings. The third-order valence-electron chi connectivity index (χ3n) is 5.05. The minimum atomic E-state index is -0.264. The maximum absolute atomic E-state index is 13.9. The summed E-state index contributed by atoms with van der Waals surface area (Å²) in [5.74, 6) is 0.143. The highest BCUT2D eigenvalue weighted by Crippen LogP contribution is 2.32. The number of aromatic nitrogens is 3. The van der Waals surface area contributed by atoms with E-state index >= 15 is 0 Å². The second kappa shape index (κ2) is 7.26. The van der Waals surface area contributed by atoms with Gasteiger partial charge in [0.1, 0.15) is 17.0 Å². The molecule has 0 radical (unpaired) electrons. The largest absolute Gasteiger partial charge is 0.348 e. The standard InChI is InChI=1S/C19H22FN5OS/c1-23-11-15(21-12-23)18(26)24(2)10-13-6-8-25(9-7-13)19-22-17-14(20)4-3-5-16(17)27-19/h3-5,11-13H,6-10H2,1-2H3. The Morgan fingerprint density at radius 3 is 2.81 bits per heavy atom. The average molecular weight is 387 g/mol. The lowest BCUT2D eigenvalue weighted by Gasteiger charge is -2.33. The van der Waals surface area contributed by atoms with Crippen molar-refractivity contribution < 1.29 is 9.18 Å². The van der Waals surface area contributed by atoms with Crippen LogP contribution in [0.4, 0.5) is 9.52 Å². The van der Waals surface area contributed by atoms with Crippen molar-refractivity contribution in [2.24, 2.45) is 13.0 Å². The third kappa shape index (κ3) is 3.66. The van der Waals surface area contributed by atoms with Gasteiger partial charge in [0, 0.05) is 39.9 Å². The van der Waals surface area contributed by atoms with Crippen molar-refractivity contribution in [3.05, 3.63) is 42.2 Å². The van der Waals surface area contributed by atoms with Gasteiger partial charge in [-0.25, -0.2) is 14.4 Å². The Bertz CT molecular complexity index is 960. The van der Waals surface area contributed by atoms with Crippen LogP contribution in [-0.2, 0) is 7.05 Å². The van der Waals surface area contributed by atoms with Crippen molar-refractivity contribution in [1.29, 1.82) is 0 Å². The van der Waals surface area contributed by atoms with Gasteiger partial charge in [-0.1, -0.05) is 17.4 Å². The molecule has 2 aromatic heterocycles. The van der Waals surface area contributed by atoms with Crippen LogP contribution in [0.2, 0.25) is 0 Å². The number of carbonyl (C=O) groups is 1. The zero-order chi connectivity index (χ0) is 19.0. The zero-order valence-corrected chi connectivity index (χ0v) is 16.2. The first-order chi connectivity index (χ1) is 13.0. The fraction of sp³-hybridized carbons (Fsp3) is 0.421. The van der Waals surface area contributed by atoms with E-state index in [-0.39, 0.29) is 11.7 Å². The monoisotopic (exact) mass is 387 g/mol. The summed E-state index contributed by atoms with van der Waals surface area (Å²) < 4.78 is 16.5. The molecule has 8 heteroatoms. The SMILES string of the molecule is CN(CC1CCN(c2nc3c(F)cccc3s2)CC1)C(=O)c1cn(C)cn1. The van der Waals surface area contributed by atoms with E-state index in [0.717, 1.165) is 42.3 Å². The van der Waals surface area contributed by atoms with E-state index < -0.39 is 0 Å². The highest BCUT2D eigenvalue weighted by molar-refractivity contribution is 7.22. The Morgan fingerprint density at radius 2 is 2.15 bits per heavy atom. The number of carbonyl (C=O) groups excluding carboxylic acids is 1. The van der Waals surface area contributed by atoms with Gasteiger partial charge in [-0.3, -0.25) is 4.79 Å². The summed E-state index contributed by atoms with van der Waals surface area (Å²) in [4.78, 5) is 25.0. The number of hydrogen-bond acceptors (Lipinski definition) is 5. The molecule has 1 aliphatic heterocycles.